The van der Waals surface area contributed by atoms with Crippen LogP contribution in [0.1, 0.15) is 67.2 Å². The zero-order valence-electron chi connectivity index (χ0n) is 20.2. The van der Waals surface area contributed by atoms with Gasteiger partial charge in [-0.15, -0.1) is 0 Å². The molecule has 32 heavy (non-hydrogen) atoms. The summed E-state index contributed by atoms with van der Waals surface area (Å²) in [6.45, 7) is 13.0. The standard InChI is InChI=1S/C28H36O4/c1-16-20-11-14-27(32-28(16)23(30)17(2)24(3,4)31-28)22-8-7-18-15-19(29)9-12-25(18,5)21(22)10-13-26(20,27)6/h7-8,10,13,15-17,20,23,30H,9,11-12,14H2,1-6H3/t16-,17-,20+,23-,25-,26+,27?,28?/m0/s1. The minimum Gasteiger partial charge on any atom is -0.387 e. The number of aliphatic hydroxyl groups is 1. The molecule has 1 saturated carbocycles. The molecule has 1 N–H and O–H groups in total. The molecule has 2 heterocycles. The van der Waals surface area contributed by atoms with Gasteiger partial charge in [-0.3, -0.25) is 4.79 Å². The highest BCUT2D eigenvalue weighted by molar-refractivity contribution is 5.93. The summed E-state index contributed by atoms with van der Waals surface area (Å²) in [5, 5.41) is 11.5. The summed E-state index contributed by atoms with van der Waals surface area (Å²) < 4.78 is 14.0. The highest BCUT2D eigenvalue weighted by atomic mass is 16.7. The number of hydrogen-bond acceptors (Lipinski definition) is 4. The number of fused-ring (bicyclic) bond motifs is 2. The van der Waals surface area contributed by atoms with Crippen LogP contribution in [0.3, 0.4) is 0 Å². The van der Waals surface area contributed by atoms with E-state index in [1.165, 1.54) is 11.1 Å². The molecule has 2 bridgehead atoms. The van der Waals surface area contributed by atoms with Gasteiger partial charge in [-0.1, -0.05) is 52.0 Å². The van der Waals surface area contributed by atoms with Gasteiger partial charge in [0.05, 0.1) is 5.60 Å². The molecule has 1 spiro atoms. The van der Waals surface area contributed by atoms with Crippen LogP contribution in [-0.2, 0) is 14.3 Å². The first-order chi connectivity index (χ1) is 14.9. The van der Waals surface area contributed by atoms with Crippen molar-refractivity contribution in [3.05, 3.63) is 47.1 Å². The molecule has 4 heteroatoms. The summed E-state index contributed by atoms with van der Waals surface area (Å²) in [4.78, 5) is 12.1. The van der Waals surface area contributed by atoms with E-state index in [9.17, 15) is 9.90 Å². The third-order valence-corrected chi connectivity index (χ3v) is 10.6. The van der Waals surface area contributed by atoms with Gasteiger partial charge in [0.1, 0.15) is 11.7 Å². The second kappa shape index (κ2) is 5.95. The summed E-state index contributed by atoms with van der Waals surface area (Å²) in [5.41, 5.74) is 2.32. The molecule has 6 rings (SSSR count). The maximum absolute atomic E-state index is 12.1. The number of carbonyl (C=O) groups is 1. The Bertz CT molecular complexity index is 1050. The number of ether oxygens (including phenoxy) is 2. The predicted octanol–water partition coefficient (Wildman–Crippen LogP) is 5.04. The van der Waals surface area contributed by atoms with Crippen molar-refractivity contribution >= 4 is 5.78 Å². The molecule has 4 nitrogen and oxygen atoms in total. The summed E-state index contributed by atoms with van der Waals surface area (Å²) in [6.07, 6.45) is 13.6. The number of aliphatic hydroxyl groups excluding tert-OH is 1. The second-order valence-electron chi connectivity index (χ2n) is 12.2. The Hall–Kier alpha value is -1.49. The van der Waals surface area contributed by atoms with Crippen LogP contribution in [0.2, 0.25) is 0 Å². The van der Waals surface area contributed by atoms with E-state index in [4.69, 9.17) is 9.47 Å². The summed E-state index contributed by atoms with van der Waals surface area (Å²) >= 11 is 0. The third kappa shape index (κ3) is 2.14. The molecular formula is C28H36O4. The molecule has 0 radical (unpaired) electrons. The Balaban J connectivity index is 1.54. The lowest BCUT2D eigenvalue weighted by molar-refractivity contribution is -0.369. The molecule has 2 unspecified atom stereocenters. The lowest BCUT2D eigenvalue weighted by Gasteiger charge is -2.61. The molecule has 0 aromatic rings. The van der Waals surface area contributed by atoms with Gasteiger partial charge in [-0.05, 0) is 61.8 Å². The van der Waals surface area contributed by atoms with Crippen molar-refractivity contribution < 1.29 is 19.4 Å². The van der Waals surface area contributed by atoms with Crippen molar-refractivity contribution in [2.75, 3.05) is 0 Å². The Kier molecular flexibility index (Phi) is 3.92. The first-order valence-electron chi connectivity index (χ1n) is 12.4. The molecule has 3 fully saturated rings. The van der Waals surface area contributed by atoms with E-state index in [0.717, 1.165) is 24.8 Å². The highest BCUT2D eigenvalue weighted by Crippen LogP contribution is 2.71. The van der Waals surface area contributed by atoms with Crippen LogP contribution in [0.5, 0.6) is 0 Å². The SMILES string of the molecule is C[C@H]1[C@H](O)C2(OC1(C)C)OC13CC[C@H]([C@@H]2C)[C@@]1(C)C=CC1=C3C=CC2=CC(=O)CC[C@@]21C. The fourth-order valence-electron chi connectivity index (χ4n) is 8.17. The van der Waals surface area contributed by atoms with Crippen LogP contribution in [0.25, 0.3) is 0 Å². The predicted molar refractivity (Wildman–Crippen MR) is 123 cm³/mol. The molecule has 0 aromatic heterocycles. The highest BCUT2D eigenvalue weighted by Gasteiger charge is 2.75. The maximum Gasteiger partial charge on any atom is 0.199 e. The molecule has 0 amide bonds. The number of carbonyl (C=O) groups excluding carboxylic acids is 1. The largest absolute Gasteiger partial charge is 0.387 e. The van der Waals surface area contributed by atoms with E-state index in [-0.39, 0.29) is 28.4 Å². The Morgan fingerprint density at radius 3 is 2.41 bits per heavy atom. The van der Waals surface area contributed by atoms with E-state index in [0.29, 0.717) is 12.3 Å². The smallest absolute Gasteiger partial charge is 0.199 e. The van der Waals surface area contributed by atoms with Crippen molar-refractivity contribution in [1.82, 2.24) is 0 Å². The van der Waals surface area contributed by atoms with Gasteiger partial charge in [0.2, 0.25) is 0 Å². The van der Waals surface area contributed by atoms with Crippen molar-refractivity contribution in [3.63, 3.8) is 0 Å². The Morgan fingerprint density at radius 2 is 1.72 bits per heavy atom. The van der Waals surface area contributed by atoms with Crippen LogP contribution in [0.15, 0.2) is 47.1 Å². The quantitative estimate of drug-likeness (QED) is 0.578. The van der Waals surface area contributed by atoms with E-state index in [1.807, 2.05) is 6.08 Å². The molecule has 6 aliphatic rings. The third-order valence-electron chi connectivity index (χ3n) is 10.6. The van der Waals surface area contributed by atoms with Gasteiger partial charge in [0.15, 0.2) is 11.6 Å². The zero-order valence-corrected chi connectivity index (χ0v) is 20.2. The first-order valence-corrected chi connectivity index (χ1v) is 12.4. The molecule has 8 atom stereocenters. The van der Waals surface area contributed by atoms with E-state index in [2.05, 4.69) is 65.8 Å². The van der Waals surface area contributed by atoms with Crippen LogP contribution in [0.4, 0.5) is 0 Å². The summed E-state index contributed by atoms with van der Waals surface area (Å²) in [6, 6.07) is 0. The van der Waals surface area contributed by atoms with Crippen molar-refractivity contribution in [2.45, 2.75) is 90.3 Å². The van der Waals surface area contributed by atoms with Crippen LogP contribution in [0, 0.1) is 28.6 Å². The molecule has 2 saturated heterocycles. The molecule has 172 valence electrons. The topological polar surface area (TPSA) is 55.8 Å². The summed E-state index contributed by atoms with van der Waals surface area (Å²) in [5.74, 6) is -0.352. The molecule has 0 aromatic carbocycles. The molecule has 4 aliphatic carbocycles. The fourth-order valence-corrected chi connectivity index (χ4v) is 8.17. The van der Waals surface area contributed by atoms with Crippen molar-refractivity contribution in [3.8, 4) is 0 Å². The number of ketones is 1. The monoisotopic (exact) mass is 436 g/mol. The lowest BCUT2D eigenvalue weighted by Crippen LogP contribution is -2.67. The van der Waals surface area contributed by atoms with Crippen LogP contribution >= 0.6 is 0 Å². The van der Waals surface area contributed by atoms with Gasteiger partial charge >= 0.3 is 0 Å². The first kappa shape index (κ1) is 21.1. The van der Waals surface area contributed by atoms with Crippen LogP contribution < -0.4 is 0 Å². The molecular weight excluding hydrogens is 400 g/mol. The van der Waals surface area contributed by atoms with Crippen molar-refractivity contribution in [2.24, 2.45) is 28.6 Å². The minimum atomic E-state index is -1.000. The van der Waals surface area contributed by atoms with E-state index in [1.54, 1.807) is 0 Å². The number of allylic oxidation sites excluding steroid dienone is 5. The van der Waals surface area contributed by atoms with Gasteiger partial charge in [-0.2, -0.15) is 0 Å². The van der Waals surface area contributed by atoms with Crippen molar-refractivity contribution in [1.29, 1.82) is 0 Å². The van der Waals surface area contributed by atoms with Gasteiger partial charge in [-0.25, -0.2) is 0 Å². The Labute approximate surface area is 191 Å². The Morgan fingerprint density at radius 1 is 0.969 bits per heavy atom. The number of rotatable bonds is 0. The lowest BCUT2D eigenvalue weighted by atomic mass is 9.53. The van der Waals surface area contributed by atoms with E-state index >= 15 is 0 Å². The summed E-state index contributed by atoms with van der Waals surface area (Å²) in [7, 11) is 0. The number of hydrogen-bond donors (Lipinski definition) is 1. The normalized spacial score (nSPS) is 52.7. The molecule has 2 aliphatic heterocycles. The van der Waals surface area contributed by atoms with Crippen LogP contribution in [-0.4, -0.2) is 34.0 Å². The fraction of sp³-hybridized carbons (Fsp3) is 0.679. The zero-order chi connectivity index (χ0) is 22.9. The van der Waals surface area contributed by atoms with Gasteiger partial charge in [0.25, 0.3) is 0 Å². The van der Waals surface area contributed by atoms with Gasteiger partial charge < -0.3 is 14.6 Å². The average Bonchev–Trinajstić information content (AvgIpc) is 3.06. The average molecular weight is 437 g/mol. The second-order valence-corrected chi connectivity index (χ2v) is 12.2. The minimum absolute atomic E-state index is 0.0176. The van der Waals surface area contributed by atoms with Gasteiger partial charge in [0, 0.05) is 29.1 Å². The maximum atomic E-state index is 12.1. The van der Waals surface area contributed by atoms with E-state index < -0.39 is 23.1 Å².